The Kier molecular flexibility index (Phi) is 5.93. The van der Waals surface area contributed by atoms with Crippen molar-refractivity contribution in [1.29, 1.82) is 0 Å². The summed E-state index contributed by atoms with van der Waals surface area (Å²) in [6.45, 7) is 9.60. The molecular formula is C27H33N3O2S. The fourth-order valence-corrected chi connectivity index (χ4v) is 7.66. The molecule has 0 bridgehead atoms. The molecule has 6 heteroatoms. The van der Waals surface area contributed by atoms with Crippen LogP contribution in [-0.4, -0.2) is 56.9 Å². The number of sulfonamides is 1. The van der Waals surface area contributed by atoms with E-state index in [9.17, 15) is 8.42 Å². The zero-order chi connectivity index (χ0) is 23.1. The second-order valence-corrected chi connectivity index (χ2v) is 11.5. The molecule has 3 aromatic rings. The van der Waals surface area contributed by atoms with E-state index in [-0.39, 0.29) is 0 Å². The lowest BCUT2D eigenvalue weighted by molar-refractivity contribution is 0.219. The largest absolute Gasteiger partial charge is 0.370 e. The van der Waals surface area contributed by atoms with Crippen LogP contribution in [0.15, 0.2) is 71.6 Å². The Hall–Kier alpha value is -2.41. The summed E-state index contributed by atoms with van der Waals surface area (Å²) in [7, 11) is -3.42. The highest BCUT2D eigenvalue weighted by molar-refractivity contribution is 7.89. The summed E-state index contributed by atoms with van der Waals surface area (Å²) in [5.74, 6) is 0. The first-order chi connectivity index (χ1) is 15.9. The van der Waals surface area contributed by atoms with Gasteiger partial charge < -0.3 is 9.80 Å². The Morgan fingerprint density at radius 2 is 1.58 bits per heavy atom. The van der Waals surface area contributed by atoms with Gasteiger partial charge in [0.15, 0.2) is 0 Å². The molecule has 5 rings (SSSR count). The highest BCUT2D eigenvalue weighted by Gasteiger charge is 2.47. The summed E-state index contributed by atoms with van der Waals surface area (Å²) in [6.07, 6.45) is 1.95. The Bertz CT molecular complexity index is 1250. The average Bonchev–Trinajstić information content (AvgIpc) is 2.98. The van der Waals surface area contributed by atoms with Gasteiger partial charge in [0.05, 0.1) is 10.4 Å². The van der Waals surface area contributed by atoms with E-state index in [1.165, 1.54) is 16.5 Å². The number of anilines is 1. The molecule has 174 valence electrons. The second-order valence-electron chi connectivity index (χ2n) is 9.67. The van der Waals surface area contributed by atoms with E-state index in [0.717, 1.165) is 51.1 Å². The van der Waals surface area contributed by atoms with Crippen LogP contribution in [0.5, 0.6) is 0 Å². The molecule has 0 N–H and O–H groups in total. The normalized spacial score (nSPS) is 20.6. The Morgan fingerprint density at radius 1 is 0.818 bits per heavy atom. The van der Waals surface area contributed by atoms with E-state index in [2.05, 4.69) is 52.3 Å². The van der Waals surface area contributed by atoms with Crippen LogP contribution in [0, 0.1) is 0 Å². The molecule has 0 radical (unpaired) electrons. The van der Waals surface area contributed by atoms with Crippen molar-refractivity contribution in [2.75, 3.05) is 44.2 Å². The second kappa shape index (κ2) is 8.75. The molecule has 2 heterocycles. The van der Waals surface area contributed by atoms with E-state index in [4.69, 9.17) is 0 Å². The standard InChI is InChI=1S/C27H33N3O2S/c1-27(2)24-13-5-6-15-26(24)33(31,32)30(27)19-9-17-28-16-8-18-29(21-20-28)25-14-7-11-22-10-3-4-12-23(22)25/h3-7,10-15H,8-9,16-21H2,1-2H3. The van der Waals surface area contributed by atoms with Crippen LogP contribution in [0.1, 0.15) is 32.3 Å². The first-order valence-electron chi connectivity index (χ1n) is 12.0. The lowest BCUT2D eigenvalue weighted by Gasteiger charge is -2.31. The molecule has 1 fully saturated rings. The first-order valence-corrected chi connectivity index (χ1v) is 13.4. The van der Waals surface area contributed by atoms with E-state index < -0.39 is 15.6 Å². The molecule has 3 aromatic carbocycles. The molecule has 0 atom stereocenters. The van der Waals surface area contributed by atoms with Crippen molar-refractivity contribution in [3.8, 4) is 0 Å². The maximum Gasteiger partial charge on any atom is 0.244 e. The van der Waals surface area contributed by atoms with Gasteiger partial charge in [0, 0.05) is 37.3 Å². The van der Waals surface area contributed by atoms with Gasteiger partial charge in [-0.25, -0.2) is 8.42 Å². The van der Waals surface area contributed by atoms with Crippen LogP contribution in [-0.2, 0) is 15.6 Å². The number of hydrogen-bond acceptors (Lipinski definition) is 4. The summed E-state index contributed by atoms with van der Waals surface area (Å²) < 4.78 is 28.0. The van der Waals surface area contributed by atoms with Gasteiger partial charge in [0.25, 0.3) is 0 Å². The van der Waals surface area contributed by atoms with Crippen molar-refractivity contribution in [2.45, 2.75) is 37.1 Å². The van der Waals surface area contributed by atoms with Gasteiger partial charge in [-0.1, -0.05) is 54.6 Å². The number of hydrogen-bond donors (Lipinski definition) is 0. The van der Waals surface area contributed by atoms with E-state index in [1.807, 2.05) is 32.0 Å². The van der Waals surface area contributed by atoms with Crippen molar-refractivity contribution in [3.05, 3.63) is 72.3 Å². The Balaban J connectivity index is 1.22. The number of nitrogens with zero attached hydrogens (tertiary/aromatic N) is 3. The summed E-state index contributed by atoms with van der Waals surface area (Å²) in [4.78, 5) is 5.47. The molecule has 33 heavy (non-hydrogen) atoms. The first kappa shape index (κ1) is 22.4. The Morgan fingerprint density at radius 3 is 2.42 bits per heavy atom. The maximum absolute atomic E-state index is 13.1. The summed E-state index contributed by atoms with van der Waals surface area (Å²) in [5.41, 5.74) is 1.72. The Labute approximate surface area is 197 Å². The fraction of sp³-hybridized carbons (Fsp3) is 0.407. The molecule has 0 aromatic heterocycles. The topological polar surface area (TPSA) is 43.9 Å². The highest BCUT2D eigenvalue weighted by atomic mass is 32.2. The summed E-state index contributed by atoms with van der Waals surface area (Å²) >= 11 is 0. The fourth-order valence-electron chi connectivity index (χ4n) is 5.51. The van der Waals surface area contributed by atoms with Crippen molar-refractivity contribution < 1.29 is 8.42 Å². The van der Waals surface area contributed by atoms with Crippen molar-refractivity contribution in [3.63, 3.8) is 0 Å². The third-order valence-corrected chi connectivity index (χ3v) is 9.40. The molecular weight excluding hydrogens is 430 g/mol. The molecule has 2 aliphatic rings. The molecule has 0 aliphatic carbocycles. The lowest BCUT2D eigenvalue weighted by Crippen LogP contribution is -2.41. The van der Waals surface area contributed by atoms with Crippen molar-refractivity contribution in [2.24, 2.45) is 0 Å². The minimum Gasteiger partial charge on any atom is -0.370 e. The smallest absolute Gasteiger partial charge is 0.244 e. The van der Waals surface area contributed by atoms with Crippen molar-refractivity contribution >= 4 is 26.5 Å². The average molecular weight is 464 g/mol. The van der Waals surface area contributed by atoms with Gasteiger partial charge in [-0.05, 0) is 62.9 Å². The minimum atomic E-state index is -3.42. The van der Waals surface area contributed by atoms with Crippen LogP contribution in [0.3, 0.4) is 0 Å². The zero-order valence-electron chi connectivity index (χ0n) is 19.6. The molecule has 0 unspecified atom stereocenters. The molecule has 0 spiro atoms. The summed E-state index contributed by atoms with van der Waals surface area (Å²) in [6, 6.07) is 22.6. The zero-order valence-corrected chi connectivity index (χ0v) is 20.4. The number of benzene rings is 3. The SMILES string of the molecule is CC1(C)c2ccccc2S(=O)(=O)N1CCCN1CCCN(c2cccc3ccccc23)CC1. The predicted octanol–water partition coefficient (Wildman–Crippen LogP) is 4.68. The quantitative estimate of drug-likeness (QED) is 0.551. The third kappa shape index (κ3) is 4.05. The molecule has 2 aliphatic heterocycles. The van der Waals surface area contributed by atoms with Crippen molar-refractivity contribution in [1.82, 2.24) is 9.21 Å². The van der Waals surface area contributed by atoms with Crippen LogP contribution in [0.2, 0.25) is 0 Å². The van der Waals surface area contributed by atoms with Crippen LogP contribution < -0.4 is 4.90 Å². The van der Waals surface area contributed by atoms with E-state index >= 15 is 0 Å². The molecule has 5 nitrogen and oxygen atoms in total. The van der Waals surface area contributed by atoms with Gasteiger partial charge in [-0.2, -0.15) is 4.31 Å². The third-order valence-electron chi connectivity index (χ3n) is 7.27. The highest BCUT2D eigenvalue weighted by Crippen LogP contribution is 2.43. The monoisotopic (exact) mass is 463 g/mol. The summed E-state index contributed by atoms with van der Waals surface area (Å²) in [5, 5.41) is 2.60. The molecule has 0 amide bonds. The van der Waals surface area contributed by atoms with Crippen LogP contribution in [0.4, 0.5) is 5.69 Å². The lowest BCUT2D eigenvalue weighted by atomic mass is 9.94. The number of fused-ring (bicyclic) bond motifs is 2. The van der Waals surface area contributed by atoms with Gasteiger partial charge in [0.2, 0.25) is 10.0 Å². The van der Waals surface area contributed by atoms with Gasteiger partial charge in [-0.15, -0.1) is 0 Å². The van der Waals surface area contributed by atoms with Gasteiger partial charge in [0.1, 0.15) is 0 Å². The number of rotatable bonds is 5. The minimum absolute atomic E-state index is 0.468. The van der Waals surface area contributed by atoms with Crippen LogP contribution in [0.25, 0.3) is 10.8 Å². The molecule has 0 saturated carbocycles. The van der Waals surface area contributed by atoms with Gasteiger partial charge in [-0.3, -0.25) is 0 Å². The van der Waals surface area contributed by atoms with Crippen LogP contribution >= 0.6 is 0 Å². The van der Waals surface area contributed by atoms with E-state index in [0.29, 0.717) is 11.4 Å². The van der Waals surface area contributed by atoms with Gasteiger partial charge >= 0.3 is 0 Å². The molecule has 1 saturated heterocycles. The maximum atomic E-state index is 13.1. The van der Waals surface area contributed by atoms with E-state index in [1.54, 1.807) is 10.4 Å². The predicted molar refractivity (Wildman–Crippen MR) is 135 cm³/mol.